The Morgan fingerprint density at radius 2 is 1.05 bits per heavy atom. The number of alkyl halides is 6. The van der Waals surface area contributed by atoms with Crippen LogP contribution in [0.15, 0.2) is 108 Å². The van der Waals surface area contributed by atoms with E-state index >= 15 is 0 Å². The second kappa shape index (κ2) is 29.0. The van der Waals surface area contributed by atoms with E-state index in [0.29, 0.717) is 40.1 Å². The Morgan fingerprint density at radius 3 is 1.41 bits per heavy atom. The average Bonchev–Trinajstić information content (AvgIpc) is 1.28. The van der Waals surface area contributed by atoms with Crippen LogP contribution in [-0.4, -0.2) is 73.6 Å². The molecule has 22 nitrogen and oxygen atoms in total. The zero-order chi connectivity index (χ0) is 65.3. The molecule has 4 heterocycles. The summed E-state index contributed by atoms with van der Waals surface area (Å²) in [4.78, 5) is 137. The number of nitrogens with one attached hydrogen (secondary N) is 2. The van der Waals surface area contributed by atoms with Crippen LogP contribution in [0.25, 0.3) is 11.4 Å². The summed E-state index contributed by atoms with van der Waals surface area (Å²) in [7, 11) is 1.74. The maximum Gasteiger partial charge on any atom is 0.431 e. The summed E-state index contributed by atoms with van der Waals surface area (Å²) in [5.74, 6) is -2.75. The molecule has 0 aliphatic carbocycles. The molecule has 0 saturated carbocycles. The van der Waals surface area contributed by atoms with Gasteiger partial charge in [0.15, 0.2) is 0 Å². The topological polar surface area (TPSA) is 277 Å². The summed E-state index contributed by atoms with van der Waals surface area (Å²) in [5, 5.41) is -0.137. The first-order valence-corrected chi connectivity index (χ1v) is 27.1. The van der Waals surface area contributed by atoms with Crippen molar-refractivity contribution in [2.45, 2.75) is 112 Å². The highest BCUT2D eigenvalue weighted by Gasteiger charge is 2.37. The van der Waals surface area contributed by atoms with Crippen LogP contribution in [0, 0.1) is 13.8 Å². The van der Waals surface area contributed by atoms with Crippen LogP contribution in [-0.2, 0) is 45.5 Å². The summed E-state index contributed by atoms with van der Waals surface area (Å²) >= 11 is 18.2. The van der Waals surface area contributed by atoms with Gasteiger partial charge < -0.3 is 24.2 Å². The van der Waals surface area contributed by atoms with Crippen LogP contribution >= 0.6 is 55.1 Å². The number of aromatic nitrogens is 8. The van der Waals surface area contributed by atoms with Gasteiger partial charge in [0.1, 0.15) is 26.9 Å². The summed E-state index contributed by atoms with van der Waals surface area (Å²) in [6.07, 6.45) is -8.16. The molecule has 2 N–H and O–H groups in total. The van der Waals surface area contributed by atoms with Crippen molar-refractivity contribution >= 4 is 73.0 Å². The van der Waals surface area contributed by atoms with Gasteiger partial charge in [-0.3, -0.25) is 37.4 Å². The fourth-order valence-corrected chi connectivity index (χ4v) is 8.09. The monoisotopic (exact) mass is 1370 g/mol. The first-order chi connectivity index (χ1) is 39.1. The number of esters is 3. The lowest BCUT2D eigenvalue weighted by Gasteiger charge is -2.23. The van der Waals surface area contributed by atoms with Gasteiger partial charge >= 0.3 is 53.0 Å². The van der Waals surface area contributed by atoms with Crippen LogP contribution in [0.4, 0.5) is 26.3 Å². The van der Waals surface area contributed by atoms with Crippen molar-refractivity contribution in [2.24, 2.45) is 14.1 Å². The van der Waals surface area contributed by atoms with E-state index in [9.17, 15) is 79.1 Å². The van der Waals surface area contributed by atoms with Gasteiger partial charge in [-0.1, -0.05) is 42.8 Å². The lowest BCUT2D eigenvalue weighted by atomic mass is 10.1. The van der Waals surface area contributed by atoms with E-state index in [1.807, 2.05) is 13.8 Å². The van der Waals surface area contributed by atoms with E-state index in [0.717, 1.165) is 38.7 Å². The first kappa shape index (κ1) is 71.7. The van der Waals surface area contributed by atoms with E-state index in [4.69, 9.17) is 37.4 Å². The molecule has 0 bridgehead atoms. The molecule has 0 fully saturated rings. The second-order valence-electron chi connectivity index (χ2n) is 19.1. The highest BCUT2D eigenvalue weighted by molar-refractivity contribution is 9.10. The molecule has 0 spiro atoms. The van der Waals surface area contributed by atoms with E-state index in [2.05, 4.69) is 48.4 Å². The molecule has 6 rings (SSSR count). The number of H-pyrrole nitrogens is 2. The van der Waals surface area contributed by atoms with Gasteiger partial charge in [0.2, 0.25) is 5.60 Å². The molecule has 2 aromatic carbocycles. The molecule has 85 heavy (non-hydrogen) atoms. The zero-order valence-electron chi connectivity index (χ0n) is 47.2. The number of carbonyl (C=O) groups is 3. The Bertz CT molecular complexity index is 4040. The molecule has 1 atom stereocenters. The molecule has 1 unspecified atom stereocenters. The van der Waals surface area contributed by atoms with Gasteiger partial charge in [-0.2, -0.15) is 26.3 Å². The van der Waals surface area contributed by atoms with Crippen molar-refractivity contribution < 1.29 is 54.9 Å². The number of hydrogen-bond donors (Lipinski definition) is 2. The molecule has 0 amide bonds. The van der Waals surface area contributed by atoms with Crippen LogP contribution in [0.2, 0.25) is 10.0 Å². The number of aryl methyl sites for hydroxylation is 2. The summed E-state index contributed by atoms with van der Waals surface area (Å²) in [5.41, 5.74) is -10.4. The molecular weight excluding hydrogens is 1320 g/mol. The van der Waals surface area contributed by atoms with Gasteiger partial charge in [0.25, 0.3) is 22.2 Å². The Morgan fingerprint density at radius 1 is 0.659 bits per heavy atom. The van der Waals surface area contributed by atoms with Crippen molar-refractivity contribution in [1.82, 2.24) is 37.4 Å². The van der Waals surface area contributed by atoms with Crippen LogP contribution in [0.3, 0.4) is 0 Å². The van der Waals surface area contributed by atoms with E-state index in [1.54, 1.807) is 41.5 Å². The highest BCUT2D eigenvalue weighted by Crippen LogP contribution is 2.29. The number of hydrogen-bond acceptors (Lipinski definition) is 14. The summed E-state index contributed by atoms with van der Waals surface area (Å²) < 4.78 is 97.6. The Balaban J connectivity index is 0.000000317. The third-order valence-electron chi connectivity index (χ3n) is 11.6. The fourth-order valence-electron chi connectivity index (χ4n) is 7.12. The quantitative estimate of drug-likeness (QED) is 0.0504. The minimum atomic E-state index is -4.92. The van der Waals surface area contributed by atoms with E-state index < -0.39 is 75.9 Å². The third-order valence-corrected chi connectivity index (χ3v) is 14.2. The predicted octanol–water partition coefficient (Wildman–Crippen LogP) is 8.41. The molecule has 6 aromatic rings. The number of carbonyl (C=O) groups excluding carboxylic acids is 3. The molecule has 462 valence electrons. The average molecular weight is 1370 g/mol. The van der Waals surface area contributed by atoms with Crippen LogP contribution < -0.4 is 45.0 Å². The van der Waals surface area contributed by atoms with Crippen LogP contribution in [0.5, 0.6) is 0 Å². The van der Waals surface area contributed by atoms with E-state index in [1.165, 1.54) is 47.3 Å². The zero-order valence-corrected chi connectivity index (χ0v) is 51.9. The van der Waals surface area contributed by atoms with Gasteiger partial charge in [-0.25, -0.2) is 42.7 Å². The molecular formula is C53H56Br2Cl2F6N8O14. The van der Waals surface area contributed by atoms with Gasteiger partial charge in [0, 0.05) is 49.7 Å². The van der Waals surface area contributed by atoms with Gasteiger partial charge in [-0.15, -0.1) is 0 Å². The largest absolute Gasteiger partial charge is 0.459 e. The SMILES string of the molecule is C=CCOC(=O)C(C)(C)OC(=O)c1cc(-n2c(=O)cc(C(F)(F)F)n(C)c2=O)ccc1Cl.CC(C)OC(=O)c1cc(-n2c(=O)cc(C(F)(F)F)n(C)c2=O)ccc1Cl.CCC(C)n1c(=O)[nH]c(C)c(Br)c1=O.Cc1[nH]c(=O)n(C(C)C)c(=O)c1Br. The third kappa shape index (κ3) is 17.5. The number of benzene rings is 2. The molecule has 0 saturated heterocycles. The van der Waals surface area contributed by atoms with Crippen molar-refractivity contribution in [2.75, 3.05) is 6.61 Å². The molecule has 0 radical (unpaired) electrons. The molecule has 32 heteroatoms. The van der Waals surface area contributed by atoms with Crippen molar-refractivity contribution in [3.63, 3.8) is 0 Å². The standard InChI is InChI=1S/C20H18ClF3N2O6.C16H14ClF3N2O4.C9H13BrN2O2.C8H11BrN2O2/c1-5-8-31-17(29)19(2,3)32-16(28)12-9-11(6-7-13(12)21)26-15(27)10-14(20(22,23)24)25(4)18(26)30;1-8(2)26-14(24)10-6-9(4-5-11(10)17)22-13(23)7-12(16(18,19)20)21(3)15(22)25;1-4-5(2)12-8(13)7(10)6(3)11-9(12)14;1-4(2)11-7(12)6(9)5(3)10-8(11)13/h5-7,9-10H,1,8H2,2-4H3;4-8H,1-3H3;5H,4H2,1-3H3,(H,11,14);4H,1-3H3,(H,10,13). The number of aromatic amines is 2. The predicted molar refractivity (Wildman–Crippen MR) is 309 cm³/mol. The van der Waals surface area contributed by atoms with Crippen molar-refractivity contribution in [1.29, 1.82) is 0 Å². The minimum absolute atomic E-state index is 0.0104. The number of ether oxygens (including phenoxy) is 3. The maximum atomic E-state index is 13.0. The Kier molecular flexibility index (Phi) is 24.5. The smallest absolute Gasteiger partial charge is 0.431 e. The summed E-state index contributed by atoms with van der Waals surface area (Å²) in [6.45, 7) is 19.8. The van der Waals surface area contributed by atoms with Crippen molar-refractivity contribution in [3.05, 3.63) is 197 Å². The first-order valence-electron chi connectivity index (χ1n) is 24.7. The lowest BCUT2D eigenvalue weighted by Crippen LogP contribution is -2.41. The lowest BCUT2D eigenvalue weighted by molar-refractivity contribution is -0.161. The number of halogens is 10. The number of nitrogens with zero attached hydrogens (tertiary/aromatic N) is 6. The minimum Gasteiger partial charge on any atom is -0.459 e. The Labute approximate surface area is 504 Å². The molecule has 0 aliphatic heterocycles. The second-order valence-corrected chi connectivity index (χ2v) is 21.5. The molecule has 4 aromatic heterocycles. The summed E-state index contributed by atoms with van der Waals surface area (Å²) in [6, 6.07) is 7.26. The van der Waals surface area contributed by atoms with Gasteiger partial charge in [-0.05, 0) is 137 Å². The normalized spacial score (nSPS) is 11.8. The fraction of sp³-hybridized carbons (Fsp3) is 0.377. The number of rotatable bonds is 12. The molecule has 0 aliphatic rings. The highest BCUT2D eigenvalue weighted by atomic mass is 79.9. The maximum absolute atomic E-state index is 13.0. The van der Waals surface area contributed by atoms with Crippen LogP contribution in [0.1, 0.15) is 117 Å². The van der Waals surface area contributed by atoms with Crippen molar-refractivity contribution in [3.8, 4) is 11.4 Å². The van der Waals surface area contributed by atoms with Gasteiger partial charge in [0.05, 0.1) is 38.7 Å². The van der Waals surface area contributed by atoms with E-state index in [-0.39, 0.29) is 84.4 Å². The Hall–Kier alpha value is -7.57.